The largest absolute Gasteiger partial charge is 0.481 e. The third kappa shape index (κ3) is 4.26. The number of alkyl halides is 1. The van der Waals surface area contributed by atoms with E-state index in [1.54, 1.807) is 0 Å². The summed E-state index contributed by atoms with van der Waals surface area (Å²) in [4.78, 5) is 10.6. The van der Waals surface area contributed by atoms with Gasteiger partial charge in [0.2, 0.25) is 0 Å². The van der Waals surface area contributed by atoms with Crippen LogP contribution in [0.2, 0.25) is 5.02 Å². The van der Waals surface area contributed by atoms with Crippen LogP contribution >= 0.6 is 23.2 Å². The Hall–Kier alpha value is -1.51. The zero-order valence-corrected chi connectivity index (χ0v) is 12.2. The number of benzene rings is 2. The minimum atomic E-state index is -0.874. The van der Waals surface area contributed by atoms with Crippen molar-refractivity contribution in [2.45, 2.75) is 18.2 Å². The second-order valence-electron chi connectivity index (χ2n) is 4.61. The molecule has 1 unspecified atom stereocenters. The topological polar surface area (TPSA) is 37.3 Å². The summed E-state index contributed by atoms with van der Waals surface area (Å²) in [6, 6.07) is 15.6. The van der Waals surface area contributed by atoms with Crippen molar-refractivity contribution in [3.05, 3.63) is 59.1 Å². The number of hydrogen-bond acceptors (Lipinski definition) is 1. The van der Waals surface area contributed by atoms with Crippen molar-refractivity contribution in [3.8, 4) is 11.1 Å². The second kappa shape index (κ2) is 6.78. The normalized spacial score (nSPS) is 12.1. The summed E-state index contributed by atoms with van der Waals surface area (Å²) in [5.74, 6) is -0.874. The van der Waals surface area contributed by atoms with Crippen LogP contribution in [0.25, 0.3) is 11.1 Å². The Morgan fingerprint density at radius 1 is 1.10 bits per heavy atom. The molecule has 104 valence electrons. The van der Waals surface area contributed by atoms with Gasteiger partial charge >= 0.3 is 5.97 Å². The van der Waals surface area contributed by atoms with Crippen molar-refractivity contribution in [2.75, 3.05) is 0 Å². The number of hydrogen-bond donors (Lipinski definition) is 1. The molecule has 0 saturated heterocycles. The van der Waals surface area contributed by atoms with Gasteiger partial charge in [-0.2, -0.15) is 0 Å². The van der Waals surface area contributed by atoms with Crippen LogP contribution in [0.3, 0.4) is 0 Å². The predicted molar refractivity (Wildman–Crippen MR) is 82.5 cm³/mol. The molecule has 4 heteroatoms. The van der Waals surface area contributed by atoms with E-state index in [9.17, 15) is 4.79 Å². The molecule has 2 aromatic rings. The molecule has 2 aromatic carbocycles. The molecule has 0 amide bonds. The van der Waals surface area contributed by atoms with Crippen LogP contribution in [-0.2, 0) is 11.2 Å². The van der Waals surface area contributed by atoms with E-state index < -0.39 is 5.97 Å². The summed E-state index contributed by atoms with van der Waals surface area (Å²) < 4.78 is 0. The molecule has 1 atom stereocenters. The fourth-order valence-electron chi connectivity index (χ4n) is 2.02. The lowest BCUT2D eigenvalue weighted by Crippen LogP contribution is -2.09. The fraction of sp³-hybridized carbons (Fsp3) is 0.188. The van der Waals surface area contributed by atoms with Gasteiger partial charge in [0.1, 0.15) is 0 Å². The molecule has 0 heterocycles. The SMILES string of the molecule is O=C(O)CC(Cl)Cc1ccc(-c2cccc(Cl)c2)cc1. The Labute approximate surface area is 128 Å². The van der Waals surface area contributed by atoms with E-state index in [1.165, 1.54) is 0 Å². The number of carboxylic acids is 1. The van der Waals surface area contributed by atoms with Gasteiger partial charge in [-0.15, -0.1) is 11.6 Å². The van der Waals surface area contributed by atoms with Crippen molar-refractivity contribution in [2.24, 2.45) is 0 Å². The molecule has 0 fully saturated rings. The highest BCUT2D eigenvalue weighted by molar-refractivity contribution is 6.30. The summed E-state index contributed by atoms with van der Waals surface area (Å²) in [6.45, 7) is 0. The molecule has 2 nitrogen and oxygen atoms in total. The molecule has 1 N–H and O–H groups in total. The molecule has 0 aliphatic rings. The van der Waals surface area contributed by atoms with Crippen molar-refractivity contribution >= 4 is 29.2 Å². The van der Waals surface area contributed by atoms with Crippen LogP contribution in [0.4, 0.5) is 0 Å². The number of halogens is 2. The number of carbonyl (C=O) groups is 1. The zero-order chi connectivity index (χ0) is 14.5. The Kier molecular flexibility index (Phi) is 5.05. The lowest BCUT2D eigenvalue weighted by atomic mass is 10.0. The highest BCUT2D eigenvalue weighted by Crippen LogP contribution is 2.23. The van der Waals surface area contributed by atoms with Gasteiger partial charge in [-0.05, 0) is 35.2 Å². The minimum absolute atomic E-state index is 0.0302. The van der Waals surface area contributed by atoms with Crippen LogP contribution in [0.5, 0.6) is 0 Å². The van der Waals surface area contributed by atoms with Gasteiger partial charge in [0.15, 0.2) is 0 Å². The van der Waals surface area contributed by atoms with Gasteiger partial charge in [0.25, 0.3) is 0 Å². The van der Waals surface area contributed by atoms with Crippen molar-refractivity contribution in [1.29, 1.82) is 0 Å². The average molecular weight is 309 g/mol. The van der Waals surface area contributed by atoms with Crippen molar-refractivity contribution in [1.82, 2.24) is 0 Å². The maximum absolute atomic E-state index is 10.6. The van der Waals surface area contributed by atoms with E-state index in [4.69, 9.17) is 28.3 Å². The Morgan fingerprint density at radius 2 is 1.80 bits per heavy atom. The van der Waals surface area contributed by atoms with Crippen LogP contribution in [-0.4, -0.2) is 16.5 Å². The Bertz CT molecular complexity index is 594. The standard InChI is InChI=1S/C16H14Cl2O2/c17-14-3-1-2-13(9-14)12-6-4-11(5-7-12)8-15(18)10-16(19)20/h1-7,9,15H,8,10H2,(H,19,20). The van der Waals surface area contributed by atoms with Crippen LogP contribution in [0.15, 0.2) is 48.5 Å². The highest BCUT2D eigenvalue weighted by Gasteiger charge is 2.10. The summed E-state index contributed by atoms with van der Waals surface area (Å²) in [7, 11) is 0. The summed E-state index contributed by atoms with van der Waals surface area (Å²) >= 11 is 12.0. The fourth-order valence-corrected chi connectivity index (χ4v) is 2.52. The lowest BCUT2D eigenvalue weighted by molar-refractivity contribution is -0.137. The molecule has 20 heavy (non-hydrogen) atoms. The van der Waals surface area contributed by atoms with Gasteiger partial charge < -0.3 is 5.11 Å². The monoisotopic (exact) mass is 308 g/mol. The second-order valence-corrected chi connectivity index (χ2v) is 5.66. The Balaban J connectivity index is 2.08. The van der Waals surface area contributed by atoms with Crippen LogP contribution in [0.1, 0.15) is 12.0 Å². The van der Waals surface area contributed by atoms with Crippen LogP contribution < -0.4 is 0 Å². The van der Waals surface area contributed by atoms with E-state index in [-0.39, 0.29) is 11.8 Å². The minimum Gasteiger partial charge on any atom is -0.481 e. The maximum Gasteiger partial charge on any atom is 0.304 e. The molecule has 0 bridgehead atoms. The maximum atomic E-state index is 10.6. The molecule has 0 aromatic heterocycles. The van der Waals surface area contributed by atoms with Gasteiger partial charge in [-0.3, -0.25) is 4.79 Å². The van der Waals surface area contributed by atoms with E-state index in [0.29, 0.717) is 11.4 Å². The molecule has 0 aliphatic carbocycles. The van der Waals surface area contributed by atoms with E-state index in [1.807, 2.05) is 48.5 Å². The van der Waals surface area contributed by atoms with E-state index >= 15 is 0 Å². The number of aliphatic carboxylic acids is 1. The first kappa shape index (κ1) is 14.9. The first-order valence-electron chi connectivity index (χ1n) is 6.25. The van der Waals surface area contributed by atoms with Crippen molar-refractivity contribution < 1.29 is 9.90 Å². The lowest BCUT2D eigenvalue weighted by Gasteiger charge is -2.08. The molecule has 0 saturated carbocycles. The third-order valence-electron chi connectivity index (χ3n) is 2.97. The predicted octanol–water partition coefficient (Wildman–Crippen LogP) is 4.63. The molecular weight excluding hydrogens is 295 g/mol. The van der Waals surface area contributed by atoms with Crippen molar-refractivity contribution in [3.63, 3.8) is 0 Å². The zero-order valence-electron chi connectivity index (χ0n) is 10.7. The van der Waals surface area contributed by atoms with E-state index in [0.717, 1.165) is 16.7 Å². The molecule has 2 rings (SSSR count). The summed E-state index contributed by atoms with van der Waals surface area (Å²) in [5, 5.41) is 9.00. The molecule has 0 radical (unpaired) electrons. The van der Waals surface area contributed by atoms with Gasteiger partial charge in [0, 0.05) is 10.4 Å². The van der Waals surface area contributed by atoms with Crippen LogP contribution in [0, 0.1) is 0 Å². The first-order chi connectivity index (χ1) is 9.54. The first-order valence-corrected chi connectivity index (χ1v) is 7.07. The molecule has 0 aliphatic heterocycles. The number of rotatable bonds is 5. The van der Waals surface area contributed by atoms with Gasteiger partial charge in [-0.1, -0.05) is 48.0 Å². The smallest absolute Gasteiger partial charge is 0.304 e. The quantitative estimate of drug-likeness (QED) is 0.818. The summed E-state index contributed by atoms with van der Waals surface area (Å²) in [5.41, 5.74) is 3.15. The number of carboxylic acid groups (broad SMARTS) is 1. The highest BCUT2D eigenvalue weighted by atomic mass is 35.5. The van der Waals surface area contributed by atoms with Gasteiger partial charge in [-0.25, -0.2) is 0 Å². The molecule has 0 spiro atoms. The Morgan fingerprint density at radius 3 is 2.40 bits per heavy atom. The van der Waals surface area contributed by atoms with Gasteiger partial charge in [0.05, 0.1) is 6.42 Å². The van der Waals surface area contributed by atoms with E-state index in [2.05, 4.69) is 0 Å². The average Bonchev–Trinajstić information content (AvgIpc) is 2.38. The third-order valence-corrected chi connectivity index (χ3v) is 3.51. The molecular formula is C16H14Cl2O2. The summed E-state index contributed by atoms with van der Waals surface area (Å²) in [6.07, 6.45) is 0.515.